The van der Waals surface area contributed by atoms with Crippen LogP contribution in [0.25, 0.3) is 16.9 Å². The zero-order valence-corrected chi connectivity index (χ0v) is 22.9. The van der Waals surface area contributed by atoms with Crippen LogP contribution in [0.3, 0.4) is 0 Å². The van der Waals surface area contributed by atoms with Crippen LogP contribution in [0.2, 0.25) is 0 Å². The molecule has 1 aromatic carbocycles. The zero-order valence-electron chi connectivity index (χ0n) is 22.9. The summed E-state index contributed by atoms with van der Waals surface area (Å²) in [5.74, 6) is 1.47. The maximum atomic E-state index is 13.4. The standard InChI is InChI=1S/C30H34N8O2/c1-4-13-37-28(39)23-18-31-29(32-19-5-7-20(8-6-19)36-16-14-35(3)15-17-36)34-27(23)38(37)25-12-10-22-21-9-11-24(21)30(2,40)26(22)33-25/h4-8,10,12,18,21,24,40H,1,9,11,13-17H2,2-3H3,(H,31,32,34). The van der Waals surface area contributed by atoms with Crippen molar-refractivity contribution in [3.8, 4) is 5.82 Å². The summed E-state index contributed by atoms with van der Waals surface area (Å²) < 4.78 is 3.28. The molecule has 40 heavy (non-hydrogen) atoms. The average Bonchev–Trinajstić information content (AvgIpc) is 3.27. The van der Waals surface area contributed by atoms with Crippen molar-refractivity contribution in [1.29, 1.82) is 0 Å². The predicted octanol–water partition coefficient (Wildman–Crippen LogP) is 3.37. The van der Waals surface area contributed by atoms with Gasteiger partial charge in [-0.2, -0.15) is 4.98 Å². The number of likely N-dealkylation sites (N-methyl/N-ethyl adjacent to an activating group) is 1. The Morgan fingerprint density at radius 3 is 2.58 bits per heavy atom. The van der Waals surface area contributed by atoms with E-state index >= 15 is 0 Å². The Morgan fingerprint density at radius 2 is 1.88 bits per heavy atom. The number of nitrogens with one attached hydrogen (secondary N) is 1. The van der Waals surface area contributed by atoms with Crippen molar-refractivity contribution in [3.63, 3.8) is 0 Å². The van der Waals surface area contributed by atoms with Crippen LogP contribution in [0.5, 0.6) is 0 Å². The molecular formula is C30H34N8O2. The third-order valence-electron chi connectivity index (χ3n) is 8.97. The molecule has 3 unspecified atom stereocenters. The number of pyridine rings is 1. The highest BCUT2D eigenvalue weighted by atomic mass is 16.3. The molecule has 0 bridgehead atoms. The molecule has 2 N–H and O–H groups in total. The number of benzene rings is 1. The minimum absolute atomic E-state index is 0.197. The van der Waals surface area contributed by atoms with Gasteiger partial charge in [-0.1, -0.05) is 12.1 Å². The van der Waals surface area contributed by atoms with Crippen molar-refractivity contribution < 1.29 is 5.11 Å². The van der Waals surface area contributed by atoms with Gasteiger partial charge in [0.25, 0.3) is 5.56 Å². The molecule has 10 nitrogen and oxygen atoms in total. The van der Waals surface area contributed by atoms with Gasteiger partial charge in [-0.15, -0.1) is 6.58 Å². The van der Waals surface area contributed by atoms with Crippen LogP contribution < -0.4 is 15.8 Å². The molecule has 206 valence electrons. The van der Waals surface area contributed by atoms with Crippen molar-refractivity contribution >= 4 is 28.4 Å². The van der Waals surface area contributed by atoms with E-state index in [1.165, 1.54) is 5.69 Å². The molecule has 3 aliphatic rings. The van der Waals surface area contributed by atoms with E-state index in [0.717, 1.165) is 50.3 Å². The molecule has 0 radical (unpaired) electrons. The predicted molar refractivity (Wildman–Crippen MR) is 156 cm³/mol. The summed E-state index contributed by atoms with van der Waals surface area (Å²) in [6.45, 7) is 10.1. The molecule has 7 rings (SSSR count). The normalized spacial score (nSPS) is 24.0. The lowest BCUT2D eigenvalue weighted by molar-refractivity contribution is -0.0361. The van der Waals surface area contributed by atoms with Gasteiger partial charge in [-0.05, 0) is 68.6 Å². The SMILES string of the molecule is C=CCn1c(=O)c2cnc(Nc3ccc(N4CCN(C)CC4)cc3)nc2n1-c1ccc2c(n1)C(C)(O)C1CCC21. The smallest absolute Gasteiger partial charge is 0.278 e. The lowest BCUT2D eigenvalue weighted by atomic mass is 9.70. The Labute approximate surface area is 232 Å². The van der Waals surface area contributed by atoms with Crippen LogP contribution in [0, 0.1) is 5.92 Å². The molecule has 0 spiro atoms. The number of hydrogen-bond donors (Lipinski definition) is 2. The second-order valence-electron chi connectivity index (χ2n) is 11.4. The maximum absolute atomic E-state index is 13.4. The first-order valence-electron chi connectivity index (χ1n) is 14.0. The molecule has 1 aliphatic heterocycles. The van der Waals surface area contributed by atoms with E-state index in [9.17, 15) is 9.90 Å². The van der Waals surface area contributed by atoms with Crippen LogP contribution in [0.4, 0.5) is 17.3 Å². The molecule has 4 aromatic rings. The van der Waals surface area contributed by atoms with Gasteiger partial charge in [0.2, 0.25) is 5.95 Å². The third kappa shape index (κ3) is 3.85. The molecule has 2 aliphatic carbocycles. The van der Waals surface area contributed by atoms with Crippen LogP contribution in [-0.2, 0) is 12.1 Å². The number of rotatable bonds is 6. The van der Waals surface area contributed by atoms with E-state index in [2.05, 4.69) is 45.9 Å². The fourth-order valence-electron chi connectivity index (χ4n) is 6.56. The highest BCUT2D eigenvalue weighted by molar-refractivity contribution is 5.77. The number of aliphatic hydroxyl groups is 1. The van der Waals surface area contributed by atoms with Gasteiger partial charge in [0.15, 0.2) is 11.5 Å². The fourth-order valence-corrected chi connectivity index (χ4v) is 6.56. The van der Waals surface area contributed by atoms with Crippen molar-refractivity contribution in [1.82, 2.24) is 29.2 Å². The Morgan fingerprint density at radius 1 is 1.10 bits per heavy atom. The van der Waals surface area contributed by atoms with Crippen LogP contribution >= 0.6 is 0 Å². The summed E-state index contributed by atoms with van der Waals surface area (Å²) in [5.41, 5.74) is 3.11. The summed E-state index contributed by atoms with van der Waals surface area (Å²) in [4.78, 5) is 32.2. The molecule has 2 fully saturated rings. The van der Waals surface area contributed by atoms with Gasteiger partial charge in [-0.25, -0.2) is 19.3 Å². The molecule has 1 saturated carbocycles. The number of piperazine rings is 1. The molecular weight excluding hydrogens is 504 g/mol. The van der Waals surface area contributed by atoms with Crippen molar-refractivity contribution in [2.45, 2.75) is 37.8 Å². The van der Waals surface area contributed by atoms with Crippen LogP contribution in [0.1, 0.15) is 36.9 Å². The summed E-state index contributed by atoms with van der Waals surface area (Å²) in [7, 11) is 2.15. The molecule has 1 saturated heterocycles. The van der Waals surface area contributed by atoms with Crippen molar-refractivity contribution in [2.24, 2.45) is 5.92 Å². The molecule has 4 heterocycles. The summed E-state index contributed by atoms with van der Waals surface area (Å²) in [6, 6.07) is 12.2. The number of nitrogens with zero attached hydrogens (tertiary/aromatic N) is 7. The minimum atomic E-state index is -0.987. The highest BCUT2D eigenvalue weighted by Gasteiger charge is 2.54. The van der Waals surface area contributed by atoms with Gasteiger partial charge in [0.1, 0.15) is 11.0 Å². The van der Waals surface area contributed by atoms with E-state index in [1.807, 2.05) is 31.2 Å². The molecule has 3 aromatic heterocycles. The zero-order chi connectivity index (χ0) is 27.6. The lowest BCUT2D eigenvalue weighted by Crippen LogP contribution is -2.44. The molecule has 10 heteroatoms. The van der Waals surface area contributed by atoms with E-state index < -0.39 is 5.60 Å². The number of allylic oxidation sites excluding steroid dienone is 1. The Balaban J connectivity index is 1.25. The van der Waals surface area contributed by atoms with Gasteiger partial charge < -0.3 is 20.2 Å². The van der Waals surface area contributed by atoms with Crippen molar-refractivity contribution in [3.05, 3.63) is 76.9 Å². The Kier molecular flexibility index (Phi) is 5.79. The van der Waals surface area contributed by atoms with Gasteiger partial charge >= 0.3 is 0 Å². The van der Waals surface area contributed by atoms with Gasteiger partial charge in [0, 0.05) is 49.7 Å². The monoisotopic (exact) mass is 538 g/mol. The summed E-state index contributed by atoms with van der Waals surface area (Å²) >= 11 is 0. The molecule has 3 atom stereocenters. The first kappa shape index (κ1) is 25.0. The maximum Gasteiger partial charge on any atom is 0.278 e. The molecule has 0 amide bonds. The van der Waals surface area contributed by atoms with Crippen LogP contribution in [0.15, 0.2) is 60.0 Å². The van der Waals surface area contributed by atoms with E-state index in [0.29, 0.717) is 34.4 Å². The number of hydrogen-bond acceptors (Lipinski definition) is 8. The largest absolute Gasteiger partial charge is 0.384 e. The van der Waals surface area contributed by atoms with E-state index in [1.54, 1.807) is 21.6 Å². The van der Waals surface area contributed by atoms with Gasteiger partial charge in [0.05, 0.1) is 12.2 Å². The average molecular weight is 539 g/mol. The quantitative estimate of drug-likeness (QED) is 0.360. The second kappa shape index (κ2) is 9.28. The number of fused-ring (bicyclic) bond motifs is 4. The highest BCUT2D eigenvalue weighted by Crippen LogP contribution is 2.58. The Bertz CT molecular complexity index is 1660. The first-order chi connectivity index (χ1) is 19.3. The first-order valence-corrected chi connectivity index (χ1v) is 14.0. The van der Waals surface area contributed by atoms with Crippen LogP contribution in [-0.4, -0.2) is 67.5 Å². The summed E-state index contributed by atoms with van der Waals surface area (Å²) in [6.07, 6.45) is 5.30. The summed E-state index contributed by atoms with van der Waals surface area (Å²) in [5, 5.41) is 15.0. The second-order valence-corrected chi connectivity index (χ2v) is 11.4. The third-order valence-corrected chi connectivity index (χ3v) is 8.97. The van der Waals surface area contributed by atoms with E-state index in [-0.39, 0.29) is 18.0 Å². The Hall–Kier alpha value is -4.02. The topological polar surface area (TPSA) is 104 Å². The van der Waals surface area contributed by atoms with E-state index in [4.69, 9.17) is 9.97 Å². The lowest BCUT2D eigenvalue weighted by Gasteiger charge is -2.37. The van der Waals surface area contributed by atoms with Gasteiger partial charge in [-0.3, -0.25) is 4.79 Å². The van der Waals surface area contributed by atoms with Crippen molar-refractivity contribution in [2.75, 3.05) is 43.4 Å². The number of aromatic nitrogens is 5. The minimum Gasteiger partial charge on any atom is -0.384 e. The fraction of sp³-hybridized carbons (Fsp3) is 0.400. The number of anilines is 3.